The number of halogens is 1. The molecule has 0 aromatic heterocycles. The number of hydrogen-bond acceptors (Lipinski definition) is 2. The Kier molecular flexibility index (Phi) is 3.91. The molecule has 0 saturated heterocycles. The van der Waals surface area contributed by atoms with Gasteiger partial charge >= 0.3 is 0 Å². The molecule has 18 heavy (non-hydrogen) atoms. The minimum Gasteiger partial charge on any atom is -0.371 e. The van der Waals surface area contributed by atoms with Crippen LogP contribution in [0.2, 0.25) is 0 Å². The first-order valence-electron chi connectivity index (χ1n) is 6.83. The fourth-order valence-corrected chi connectivity index (χ4v) is 2.33. The molecule has 1 aliphatic carbocycles. The maximum atomic E-state index is 13.7. The van der Waals surface area contributed by atoms with Crippen molar-refractivity contribution in [3.63, 3.8) is 0 Å². The predicted molar refractivity (Wildman–Crippen MR) is 74.4 cm³/mol. The van der Waals surface area contributed by atoms with Gasteiger partial charge in [0.2, 0.25) is 0 Å². The molecule has 1 unspecified atom stereocenters. The molecule has 0 aliphatic heterocycles. The fraction of sp³-hybridized carbons (Fsp3) is 0.600. The molecule has 2 rings (SSSR count). The lowest BCUT2D eigenvalue weighted by molar-refractivity contribution is 0.611. The van der Waals surface area contributed by atoms with Crippen molar-refractivity contribution in [2.24, 2.45) is 11.7 Å². The van der Waals surface area contributed by atoms with Crippen molar-refractivity contribution in [2.45, 2.75) is 39.7 Å². The summed E-state index contributed by atoms with van der Waals surface area (Å²) in [5.41, 5.74) is 8.70. The molecular weight excluding hydrogens is 227 g/mol. The van der Waals surface area contributed by atoms with Gasteiger partial charge in [0, 0.05) is 24.8 Å². The molecule has 2 nitrogen and oxygen atoms in total. The second-order valence-electron chi connectivity index (χ2n) is 5.43. The molecule has 2 N–H and O–H groups in total. The zero-order valence-electron chi connectivity index (χ0n) is 11.5. The molecule has 0 radical (unpaired) electrons. The summed E-state index contributed by atoms with van der Waals surface area (Å²) in [6.07, 6.45) is 2.65. The molecule has 3 heteroatoms. The van der Waals surface area contributed by atoms with E-state index in [0.29, 0.717) is 5.56 Å². The number of hydrogen-bond donors (Lipinski definition) is 1. The second kappa shape index (κ2) is 5.27. The van der Waals surface area contributed by atoms with E-state index >= 15 is 0 Å². The van der Waals surface area contributed by atoms with Crippen LogP contribution in [-0.4, -0.2) is 13.1 Å². The Bertz CT molecular complexity index is 425. The largest absolute Gasteiger partial charge is 0.371 e. The zero-order chi connectivity index (χ0) is 13.3. The highest BCUT2D eigenvalue weighted by atomic mass is 19.1. The smallest absolute Gasteiger partial charge is 0.126 e. The van der Waals surface area contributed by atoms with Crippen LogP contribution in [0.25, 0.3) is 0 Å². The Morgan fingerprint density at radius 1 is 1.44 bits per heavy atom. The van der Waals surface area contributed by atoms with Crippen LogP contribution in [0.15, 0.2) is 12.1 Å². The van der Waals surface area contributed by atoms with Gasteiger partial charge in [0.05, 0.1) is 0 Å². The fourth-order valence-electron chi connectivity index (χ4n) is 2.33. The van der Waals surface area contributed by atoms with Crippen molar-refractivity contribution >= 4 is 5.69 Å². The summed E-state index contributed by atoms with van der Waals surface area (Å²) in [7, 11) is 0. The van der Waals surface area contributed by atoms with E-state index < -0.39 is 0 Å². The van der Waals surface area contributed by atoms with Crippen molar-refractivity contribution in [3.05, 3.63) is 29.1 Å². The van der Waals surface area contributed by atoms with Crippen molar-refractivity contribution in [1.29, 1.82) is 0 Å². The van der Waals surface area contributed by atoms with Crippen LogP contribution in [0.5, 0.6) is 0 Å². The molecule has 0 spiro atoms. The molecule has 1 aromatic rings. The first kappa shape index (κ1) is 13.3. The van der Waals surface area contributed by atoms with Gasteiger partial charge in [-0.3, -0.25) is 0 Å². The number of rotatable bonds is 5. The summed E-state index contributed by atoms with van der Waals surface area (Å²) in [5, 5.41) is 0. The summed E-state index contributed by atoms with van der Waals surface area (Å²) in [6, 6.07) is 3.41. The quantitative estimate of drug-likeness (QED) is 0.868. The van der Waals surface area contributed by atoms with Crippen LogP contribution in [0, 0.1) is 18.7 Å². The van der Waals surface area contributed by atoms with E-state index in [9.17, 15) is 4.39 Å². The highest BCUT2D eigenvalue weighted by Gasteiger charge is 2.25. The van der Waals surface area contributed by atoms with Crippen LogP contribution in [0.1, 0.15) is 43.9 Å². The molecule has 0 bridgehead atoms. The van der Waals surface area contributed by atoms with E-state index in [4.69, 9.17) is 5.73 Å². The van der Waals surface area contributed by atoms with E-state index in [0.717, 1.165) is 30.3 Å². The molecule has 1 fully saturated rings. The molecule has 0 amide bonds. The first-order chi connectivity index (χ1) is 8.52. The molecule has 1 atom stereocenters. The normalized spacial score (nSPS) is 16.7. The van der Waals surface area contributed by atoms with Crippen molar-refractivity contribution in [2.75, 3.05) is 18.0 Å². The minimum atomic E-state index is -0.159. The number of nitrogens with two attached hydrogens (primary N) is 1. The Balaban J connectivity index is 2.35. The number of aryl methyl sites for hydroxylation is 1. The summed E-state index contributed by atoms with van der Waals surface area (Å²) in [6.45, 7) is 7.89. The Labute approximate surface area is 109 Å². The molecule has 100 valence electrons. The maximum Gasteiger partial charge on any atom is 0.126 e. The topological polar surface area (TPSA) is 29.3 Å². The average Bonchev–Trinajstić information content (AvgIpc) is 3.13. The highest BCUT2D eigenvalue weighted by molar-refractivity contribution is 5.57. The monoisotopic (exact) mass is 250 g/mol. The van der Waals surface area contributed by atoms with E-state index in [1.54, 1.807) is 6.07 Å². The standard InChI is InChI=1S/C15H23FN2/c1-4-18(9-12-5-6-12)15-7-10(2)14(16)8-13(15)11(3)17/h7-8,11-12H,4-6,9,17H2,1-3H3. The van der Waals surface area contributed by atoms with Gasteiger partial charge in [-0.25, -0.2) is 4.39 Å². The summed E-state index contributed by atoms with van der Waals surface area (Å²) >= 11 is 0. The van der Waals surface area contributed by atoms with E-state index in [1.807, 2.05) is 19.9 Å². The third-order valence-electron chi connectivity index (χ3n) is 3.70. The average molecular weight is 250 g/mol. The third kappa shape index (κ3) is 2.83. The lowest BCUT2D eigenvalue weighted by Crippen LogP contribution is -2.27. The lowest BCUT2D eigenvalue weighted by Gasteiger charge is -2.27. The van der Waals surface area contributed by atoms with Gasteiger partial charge in [0.1, 0.15) is 5.82 Å². The van der Waals surface area contributed by atoms with Gasteiger partial charge < -0.3 is 10.6 Å². The van der Waals surface area contributed by atoms with Gasteiger partial charge in [-0.1, -0.05) is 0 Å². The van der Waals surface area contributed by atoms with Gasteiger partial charge in [-0.15, -0.1) is 0 Å². The van der Waals surface area contributed by atoms with Gasteiger partial charge in [0.25, 0.3) is 0 Å². The molecule has 1 aliphatic rings. The molecule has 1 saturated carbocycles. The number of benzene rings is 1. The van der Waals surface area contributed by atoms with E-state index in [-0.39, 0.29) is 11.9 Å². The summed E-state index contributed by atoms with van der Waals surface area (Å²) in [4.78, 5) is 2.34. The van der Waals surface area contributed by atoms with Crippen LogP contribution in [0.4, 0.5) is 10.1 Å². The highest BCUT2D eigenvalue weighted by Crippen LogP contribution is 2.34. The first-order valence-corrected chi connectivity index (χ1v) is 6.83. The zero-order valence-corrected chi connectivity index (χ0v) is 11.5. The van der Waals surface area contributed by atoms with Crippen molar-refractivity contribution in [3.8, 4) is 0 Å². The SMILES string of the molecule is CCN(CC1CC1)c1cc(C)c(F)cc1C(C)N. The van der Waals surface area contributed by atoms with Crippen LogP contribution < -0.4 is 10.6 Å². The van der Waals surface area contributed by atoms with E-state index in [2.05, 4.69) is 11.8 Å². The summed E-state index contributed by atoms with van der Waals surface area (Å²) in [5.74, 6) is 0.657. The number of nitrogens with zero attached hydrogens (tertiary/aromatic N) is 1. The van der Waals surface area contributed by atoms with Gasteiger partial charge in [0.15, 0.2) is 0 Å². The molecule has 0 heterocycles. The Hall–Kier alpha value is -1.09. The molecule has 1 aromatic carbocycles. The van der Waals surface area contributed by atoms with Gasteiger partial charge in [-0.05, 0) is 62.8 Å². The Morgan fingerprint density at radius 2 is 2.11 bits per heavy atom. The second-order valence-corrected chi connectivity index (χ2v) is 5.43. The maximum absolute atomic E-state index is 13.7. The predicted octanol–water partition coefficient (Wildman–Crippen LogP) is 3.39. The minimum absolute atomic E-state index is 0.136. The Morgan fingerprint density at radius 3 is 2.61 bits per heavy atom. The van der Waals surface area contributed by atoms with Crippen molar-refractivity contribution < 1.29 is 4.39 Å². The van der Waals surface area contributed by atoms with Crippen molar-refractivity contribution in [1.82, 2.24) is 0 Å². The molecular formula is C15H23FN2. The van der Waals surface area contributed by atoms with Crippen LogP contribution >= 0.6 is 0 Å². The van der Waals surface area contributed by atoms with Gasteiger partial charge in [-0.2, -0.15) is 0 Å². The number of anilines is 1. The van der Waals surface area contributed by atoms with Crippen LogP contribution in [-0.2, 0) is 0 Å². The third-order valence-corrected chi connectivity index (χ3v) is 3.70. The lowest BCUT2D eigenvalue weighted by atomic mass is 10.0. The van der Waals surface area contributed by atoms with Crippen LogP contribution in [0.3, 0.4) is 0 Å². The van der Waals surface area contributed by atoms with E-state index in [1.165, 1.54) is 12.8 Å². The summed E-state index contributed by atoms with van der Waals surface area (Å²) < 4.78 is 13.7.